The zero-order valence-electron chi connectivity index (χ0n) is 66.6. The molecule has 12 nitrogen and oxygen atoms in total. The number of carbonyl (C=O) groups excluding carboxylic acids is 5. The van der Waals surface area contributed by atoms with E-state index >= 15 is 0 Å². The molecule has 17 heteroatoms. The summed E-state index contributed by atoms with van der Waals surface area (Å²) in [5.74, 6) is -1.09. The topological polar surface area (TPSA) is 141 Å². The van der Waals surface area contributed by atoms with E-state index in [2.05, 4.69) is 334 Å². The lowest BCUT2D eigenvalue weighted by molar-refractivity contribution is -0.139. The van der Waals surface area contributed by atoms with Crippen molar-refractivity contribution in [3.05, 3.63) is 438 Å². The van der Waals surface area contributed by atoms with Crippen molar-refractivity contribution in [3.8, 4) is 22.6 Å². The number of halogens is 5. The number of fused-ring (bicyclic) bond motifs is 8. The fourth-order valence-electron chi connectivity index (χ4n) is 11.1. The van der Waals surface area contributed by atoms with Crippen molar-refractivity contribution >= 4 is 205 Å². The van der Waals surface area contributed by atoms with E-state index in [0.717, 1.165) is 54.4 Å². The predicted octanol–water partition coefficient (Wildman–Crippen LogP) is 29.1. The van der Waals surface area contributed by atoms with Crippen LogP contribution in [0.1, 0.15) is 29.2 Å². The lowest BCUT2D eigenvalue weighted by Gasteiger charge is -2.08. The molecule has 0 amide bonds. The highest BCUT2D eigenvalue weighted by molar-refractivity contribution is 9.12. The van der Waals surface area contributed by atoms with Crippen LogP contribution in [0.2, 0.25) is 0 Å². The number of rotatable bonds is 15. The van der Waals surface area contributed by atoms with E-state index in [1.165, 1.54) is 96.1 Å². The third kappa shape index (κ3) is 30.2. The molecule has 0 saturated heterocycles. The molecule has 2 heterocycles. The fourth-order valence-corrected chi connectivity index (χ4v) is 14.2. The summed E-state index contributed by atoms with van der Waals surface area (Å²) in [6, 6.07) is 99.0. The van der Waals surface area contributed by atoms with Gasteiger partial charge in [-0.25, -0.2) is 24.0 Å². The van der Waals surface area contributed by atoms with E-state index in [9.17, 15) is 24.0 Å². The molecule has 0 saturated carbocycles. The Bertz CT molecular complexity index is 5920. The minimum absolute atomic E-state index is 0.311. The van der Waals surface area contributed by atoms with E-state index in [0.29, 0.717) is 32.6 Å². The highest BCUT2D eigenvalue weighted by atomic mass is 79.9. The van der Waals surface area contributed by atoms with Gasteiger partial charge in [0.05, 0.1) is 45.2 Å². The smallest absolute Gasteiger partial charge is 0.335 e. The maximum absolute atomic E-state index is 11.2. The SMILES string of the molecule is C=C(C)C(=O)OC.C=CC(=O)OC.C=CC(=O)OCc1ccccc1.C=CC(=O)Oc1c(Br)cc(Br)cc1Br.C=CC(=O)Oc1ccccc1-c1ccccc1.C=Cc1ccc2ccccc2c1.C=Cc1cccc2ccccc12.C=Cc1ccccc1.C=Cn1c2ccc(Br)cc2c2cc(Br)ccc21.C=Cn1c2ccccc2c2ccccc21. The van der Waals surface area contributed by atoms with Gasteiger partial charge in [0.2, 0.25) is 0 Å². The van der Waals surface area contributed by atoms with E-state index in [1.54, 1.807) is 25.1 Å². The van der Waals surface area contributed by atoms with Crippen LogP contribution in [-0.4, -0.2) is 53.2 Å². The summed E-state index contributed by atoms with van der Waals surface area (Å²) in [6.07, 6.45) is 13.8. The van der Waals surface area contributed by atoms with Crippen LogP contribution in [-0.2, 0) is 44.8 Å². The Kier molecular flexibility index (Phi) is 41.6. The molecule has 0 fully saturated rings. The van der Waals surface area contributed by atoms with Crippen LogP contribution in [0.5, 0.6) is 11.5 Å². The quantitative estimate of drug-likeness (QED) is 0.0421. The second-order valence-corrected chi connectivity index (χ2v) is 29.2. The molecule has 0 bridgehead atoms. The number of carbonyl (C=O) groups is 5. The molecular formula is C103H89Br5N2O10. The first-order valence-corrected chi connectivity index (χ1v) is 40.8. The van der Waals surface area contributed by atoms with Crippen molar-refractivity contribution in [2.45, 2.75) is 13.5 Å². The molecular weight excluding hydrogens is 1820 g/mol. The fraction of sp³-hybridized carbons (Fsp3) is 0.0388. The summed E-state index contributed by atoms with van der Waals surface area (Å²) >= 11 is 16.9. The third-order valence-corrected chi connectivity index (χ3v) is 19.4. The van der Waals surface area contributed by atoms with Gasteiger partial charge in [-0.1, -0.05) is 356 Å². The monoisotopic (exact) mass is 1910 g/mol. The van der Waals surface area contributed by atoms with Gasteiger partial charge < -0.3 is 32.8 Å². The highest BCUT2D eigenvalue weighted by Gasteiger charge is 2.13. The van der Waals surface area contributed by atoms with Gasteiger partial charge in [-0.05, 0) is 161 Å². The number of nitrogens with zero attached hydrogens (tertiary/aromatic N) is 2. The maximum Gasteiger partial charge on any atom is 0.335 e. The second-order valence-electron chi connectivity index (χ2n) is 24.8. The van der Waals surface area contributed by atoms with Crippen molar-refractivity contribution in [2.75, 3.05) is 14.2 Å². The molecule has 0 spiro atoms. The molecule has 15 rings (SSSR count). The minimum Gasteiger partial charge on any atom is -0.466 e. The van der Waals surface area contributed by atoms with Gasteiger partial charge in [0.1, 0.15) is 12.4 Å². The predicted molar refractivity (Wildman–Crippen MR) is 520 cm³/mol. The Morgan fingerprint density at radius 1 is 0.358 bits per heavy atom. The minimum atomic E-state index is -0.492. The van der Waals surface area contributed by atoms with Crippen LogP contribution in [0.15, 0.2) is 415 Å². The number of benzene rings is 13. The lowest BCUT2D eigenvalue weighted by Crippen LogP contribution is -2.04. The van der Waals surface area contributed by atoms with Crippen LogP contribution in [0.25, 0.3) is 107 Å². The van der Waals surface area contributed by atoms with Gasteiger partial charge in [0, 0.05) is 82.8 Å². The number of para-hydroxylation sites is 3. The number of hydrogen-bond donors (Lipinski definition) is 0. The van der Waals surface area contributed by atoms with Gasteiger partial charge in [0.15, 0.2) is 5.75 Å². The number of esters is 5. The van der Waals surface area contributed by atoms with Crippen molar-refractivity contribution in [1.29, 1.82) is 0 Å². The van der Waals surface area contributed by atoms with Gasteiger partial charge in [0.25, 0.3) is 0 Å². The maximum atomic E-state index is 11.2. The first kappa shape index (κ1) is 96.0. The Balaban J connectivity index is 0.000000210. The first-order chi connectivity index (χ1) is 58.0. The number of hydrogen-bond acceptors (Lipinski definition) is 10. The molecule has 0 aliphatic heterocycles. The molecule has 0 N–H and O–H groups in total. The molecule has 120 heavy (non-hydrogen) atoms. The Hall–Kier alpha value is -12.9. The van der Waals surface area contributed by atoms with Gasteiger partial charge >= 0.3 is 29.8 Å². The van der Waals surface area contributed by atoms with Crippen molar-refractivity contribution in [2.24, 2.45) is 0 Å². The molecule has 13 aromatic carbocycles. The van der Waals surface area contributed by atoms with Crippen LogP contribution in [0.3, 0.4) is 0 Å². The Morgan fingerprint density at radius 2 is 0.800 bits per heavy atom. The summed E-state index contributed by atoms with van der Waals surface area (Å²) < 4.78 is 32.1. The normalized spacial score (nSPS) is 9.70. The van der Waals surface area contributed by atoms with Crippen molar-refractivity contribution in [1.82, 2.24) is 9.13 Å². The molecule has 0 radical (unpaired) electrons. The average Bonchev–Trinajstić information content (AvgIpc) is 1.61. The molecule has 0 aliphatic rings. The Labute approximate surface area is 743 Å². The average molecular weight is 1910 g/mol. The van der Waals surface area contributed by atoms with E-state index < -0.39 is 17.9 Å². The first-order valence-electron chi connectivity index (χ1n) is 36.8. The summed E-state index contributed by atoms with van der Waals surface area (Å²) in [5, 5.41) is 10.1. The molecule has 606 valence electrons. The molecule has 2 aromatic heterocycles. The highest BCUT2D eigenvalue weighted by Crippen LogP contribution is 2.38. The number of aromatic nitrogens is 2. The second kappa shape index (κ2) is 52.0. The summed E-state index contributed by atoms with van der Waals surface area (Å²) in [6.45, 7) is 37.3. The van der Waals surface area contributed by atoms with Crippen LogP contribution in [0.4, 0.5) is 0 Å². The molecule has 0 atom stereocenters. The van der Waals surface area contributed by atoms with Crippen LogP contribution in [0, 0.1) is 0 Å². The number of ether oxygens (including phenoxy) is 5. The van der Waals surface area contributed by atoms with Crippen molar-refractivity contribution in [3.63, 3.8) is 0 Å². The van der Waals surface area contributed by atoms with E-state index in [1.807, 2.05) is 140 Å². The third-order valence-electron chi connectivity index (χ3n) is 16.8. The largest absolute Gasteiger partial charge is 0.466 e. The molecule has 15 aromatic rings. The number of methoxy groups -OCH3 is 2. The Morgan fingerprint density at radius 3 is 1.27 bits per heavy atom. The van der Waals surface area contributed by atoms with Gasteiger partial charge in [-0.2, -0.15) is 0 Å². The zero-order chi connectivity index (χ0) is 87.3. The van der Waals surface area contributed by atoms with E-state index in [-0.39, 0.29) is 11.9 Å². The van der Waals surface area contributed by atoms with Crippen LogP contribution >= 0.6 is 79.6 Å². The summed E-state index contributed by atoms with van der Waals surface area (Å²) in [4.78, 5) is 52.9. The standard InChI is InChI=1S/C15H12O2.C14H9Br2N.C14H11N.2C12H10.C10H10O2.C9H5Br3O2.C8H8.C5H8O2.C4H6O2/c1-2-15(16)17-14-11-7-6-10-13(14)12-8-4-3-5-9-12;1-2-17-13-5-3-9(15)7-11(13)12-8-10(16)4-6-14(12)17;1-2-15-13-9-5-3-7-11(13)12-8-4-6-10-14(12)15;1-2-10-7-5-8-11-6-3-4-9-12(10)11;1-2-10-7-8-11-5-3-4-6-12(11)9-10;1-2-10(11)12-8-9-6-4-3-5-7-9;1-2-8(13)14-9-6(11)3-5(10)4-7(9)12;1-2-8-6-4-3-5-7-8;1-4(2)5(6)7-3;1-3-4(5)6-2/h2-11H,1H2;2-8H,1H2;2-10H,1H2;2*2-9H,1H2;2-7H,1,8H2;2-4H,1H2;2-7H,1H2;1H2,2-3H3;3H,1H2,2H3. The van der Waals surface area contributed by atoms with E-state index in [4.69, 9.17) is 14.2 Å². The lowest BCUT2D eigenvalue weighted by atomic mass is 10.1. The van der Waals surface area contributed by atoms with Gasteiger partial charge in [-0.15, -0.1) is 0 Å². The van der Waals surface area contributed by atoms with Crippen LogP contribution < -0.4 is 9.47 Å². The van der Waals surface area contributed by atoms with Gasteiger partial charge in [-0.3, -0.25) is 0 Å². The molecule has 0 unspecified atom stereocenters. The molecule has 0 aliphatic carbocycles. The summed E-state index contributed by atoms with van der Waals surface area (Å²) in [5.41, 5.74) is 11.7. The van der Waals surface area contributed by atoms with Crippen molar-refractivity contribution < 1.29 is 47.7 Å². The zero-order valence-corrected chi connectivity index (χ0v) is 74.6. The summed E-state index contributed by atoms with van der Waals surface area (Å²) in [7, 11) is 2.64.